The molecular formula is C34H65NO16. The lowest BCUT2D eigenvalue weighted by molar-refractivity contribution is -0.157. The molecule has 0 radical (unpaired) electrons. The lowest BCUT2D eigenvalue weighted by Gasteiger charge is -2.30. The summed E-state index contributed by atoms with van der Waals surface area (Å²) < 4.78 is 93.9. The van der Waals surface area contributed by atoms with E-state index in [2.05, 4.69) is 5.32 Å². The molecule has 0 aromatic rings. The summed E-state index contributed by atoms with van der Waals surface area (Å²) >= 11 is 0. The first-order chi connectivity index (χ1) is 25.4. The van der Waals surface area contributed by atoms with Gasteiger partial charge in [-0.15, -0.1) is 0 Å². The van der Waals surface area contributed by atoms with Gasteiger partial charge in [-0.25, -0.2) is 0 Å². The van der Waals surface area contributed by atoms with E-state index in [-0.39, 0.29) is 25.9 Å². The maximum absolute atomic E-state index is 6.34. The number of hydrogen-bond acceptors (Lipinski definition) is 17. The number of hydrogen-bond donors (Lipinski definition) is 1. The van der Waals surface area contributed by atoms with Crippen LogP contribution in [0.3, 0.4) is 0 Å². The largest absolute Gasteiger partial charge is 0.378 e. The van der Waals surface area contributed by atoms with Gasteiger partial charge in [0.1, 0.15) is 18.3 Å². The third-order valence-electron chi connectivity index (χ3n) is 7.66. The van der Waals surface area contributed by atoms with Gasteiger partial charge in [0.05, 0.1) is 191 Å². The van der Waals surface area contributed by atoms with Crippen LogP contribution in [0.4, 0.5) is 0 Å². The average molecular weight is 744 g/mol. The molecule has 17 heteroatoms. The molecule has 3 aliphatic heterocycles. The van der Waals surface area contributed by atoms with Crippen LogP contribution in [0.5, 0.6) is 0 Å². The molecule has 0 bridgehead atoms. The Bertz CT molecular complexity index is 716. The summed E-state index contributed by atoms with van der Waals surface area (Å²) in [6.45, 7) is 13.1. The van der Waals surface area contributed by atoms with Gasteiger partial charge in [0.25, 0.3) is 0 Å². The van der Waals surface area contributed by atoms with E-state index < -0.39 is 18.3 Å². The van der Waals surface area contributed by atoms with E-state index in [9.17, 15) is 0 Å². The second-order valence-corrected chi connectivity index (χ2v) is 11.6. The normalized spacial score (nSPS) is 30.6. The summed E-state index contributed by atoms with van der Waals surface area (Å²) in [7, 11) is 0. The molecule has 302 valence electrons. The first-order valence-corrected chi connectivity index (χ1v) is 18.5. The van der Waals surface area contributed by atoms with Crippen molar-refractivity contribution in [3.8, 4) is 0 Å². The molecule has 17 nitrogen and oxygen atoms in total. The van der Waals surface area contributed by atoms with Crippen molar-refractivity contribution in [2.24, 2.45) is 0 Å². The standard InChI is InChI=1S/C34H65NO16/c1-2-36-3-4-42-19-23-48-31(27-35-1)32-29-47-30-34(51-26-22-45-16-13-40-8-7-39-11-14-43-20-24-49-32)33-28-46-18-17-41-10-9-37-5-6-38-12-15-44-21-25-50-33/h31-35H,1-30H2. The number of rotatable bonds is 2. The molecule has 0 aliphatic carbocycles. The zero-order valence-corrected chi connectivity index (χ0v) is 30.6. The smallest absolute Gasteiger partial charge is 0.109 e. The zero-order valence-electron chi connectivity index (χ0n) is 30.6. The first kappa shape index (κ1) is 44.7. The SMILES string of the molecule is C1COCCOCCOC(C2COCC(C3COCCOCCOCCOCCOCCO3)OCCOCCOCCOCCOCCO2)CN1. The summed E-state index contributed by atoms with van der Waals surface area (Å²) in [6, 6.07) is 0. The molecule has 51 heavy (non-hydrogen) atoms. The Kier molecular flexibility index (Phi) is 29.7. The Morgan fingerprint density at radius 3 is 0.863 bits per heavy atom. The molecule has 3 fully saturated rings. The fourth-order valence-electron chi connectivity index (χ4n) is 4.97. The molecule has 4 unspecified atom stereocenters. The minimum absolute atomic E-state index is 0.213. The van der Waals surface area contributed by atoms with E-state index in [1.54, 1.807) is 0 Å². The van der Waals surface area contributed by atoms with Crippen LogP contribution in [0.2, 0.25) is 0 Å². The van der Waals surface area contributed by atoms with Crippen LogP contribution >= 0.6 is 0 Å². The maximum Gasteiger partial charge on any atom is 0.109 e. The Balaban J connectivity index is 1.65. The average Bonchev–Trinajstić information content (AvgIpc) is 3.13. The van der Waals surface area contributed by atoms with Gasteiger partial charge < -0.3 is 81.1 Å². The quantitative estimate of drug-likeness (QED) is 0.380. The maximum atomic E-state index is 6.34. The Hall–Kier alpha value is -0.680. The molecule has 3 rings (SSSR count). The van der Waals surface area contributed by atoms with Crippen molar-refractivity contribution in [2.45, 2.75) is 24.4 Å². The molecule has 0 spiro atoms. The Labute approximate surface area is 303 Å². The summed E-state index contributed by atoms with van der Waals surface area (Å²) in [6.07, 6.45) is -1.66. The van der Waals surface area contributed by atoms with E-state index in [1.807, 2.05) is 0 Å². The highest BCUT2D eigenvalue weighted by Crippen LogP contribution is 2.11. The highest BCUT2D eigenvalue weighted by molar-refractivity contribution is 4.76. The molecule has 0 amide bonds. The summed E-state index contributed by atoms with van der Waals surface area (Å²) in [5.41, 5.74) is 0. The molecular weight excluding hydrogens is 678 g/mol. The van der Waals surface area contributed by atoms with Gasteiger partial charge in [0, 0.05) is 13.1 Å². The highest BCUT2D eigenvalue weighted by Gasteiger charge is 2.28. The number of ether oxygens (including phenoxy) is 16. The third-order valence-corrected chi connectivity index (χ3v) is 7.66. The van der Waals surface area contributed by atoms with Crippen molar-refractivity contribution in [1.82, 2.24) is 5.32 Å². The van der Waals surface area contributed by atoms with E-state index in [4.69, 9.17) is 75.8 Å². The highest BCUT2D eigenvalue weighted by atomic mass is 16.6. The van der Waals surface area contributed by atoms with Crippen LogP contribution in [0.1, 0.15) is 0 Å². The van der Waals surface area contributed by atoms with Crippen LogP contribution in [-0.4, -0.2) is 222 Å². The Morgan fingerprint density at radius 1 is 0.235 bits per heavy atom. The van der Waals surface area contributed by atoms with Crippen molar-refractivity contribution >= 4 is 0 Å². The minimum Gasteiger partial charge on any atom is -0.378 e. The van der Waals surface area contributed by atoms with Crippen molar-refractivity contribution in [3.63, 3.8) is 0 Å². The van der Waals surface area contributed by atoms with E-state index in [0.717, 1.165) is 0 Å². The lowest BCUT2D eigenvalue weighted by Crippen LogP contribution is -2.46. The molecule has 3 saturated heterocycles. The van der Waals surface area contributed by atoms with Crippen molar-refractivity contribution in [1.29, 1.82) is 0 Å². The van der Waals surface area contributed by atoms with Gasteiger partial charge in [0.15, 0.2) is 0 Å². The van der Waals surface area contributed by atoms with Crippen LogP contribution < -0.4 is 5.32 Å². The third kappa shape index (κ3) is 25.1. The lowest BCUT2D eigenvalue weighted by atomic mass is 10.2. The van der Waals surface area contributed by atoms with Gasteiger partial charge in [-0.2, -0.15) is 0 Å². The number of nitrogens with one attached hydrogen (secondary N) is 1. The van der Waals surface area contributed by atoms with Crippen molar-refractivity contribution in [2.75, 3.05) is 198 Å². The minimum atomic E-state index is -0.482. The van der Waals surface area contributed by atoms with Crippen LogP contribution in [0.15, 0.2) is 0 Å². The van der Waals surface area contributed by atoms with Crippen LogP contribution in [-0.2, 0) is 75.8 Å². The Morgan fingerprint density at radius 2 is 0.490 bits per heavy atom. The summed E-state index contributed by atoms with van der Waals surface area (Å²) in [5.74, 6) is 0. The molecule has 1 N–H and O–H groups in total. The zero-order chi connectivity index (χ0) is 35.5. The van der Waals surface area contributed by atoms with Crippen LogP contribution in [0, 0.1) is 0 Å². The fourth-order valence-corrected chi connectivity index (χ4v) is 4.97. The predicted molar refractivity (Wildman–Crippen MR) is 182 cm³/mol. The summed E-state index contributed by atoms with van der Waals surface area (Å²) in [5, 5.41) is 3.42. The van der Waals surface area contributed by atoms with Gasteiger partial charge in [0.2, 0.25) is 0 Å². The van der Waals surface area contributed by atoms with Gasteiger partial charge in [-0.05, 0) is 0 Å². The summed E-state index contributed by atoms with van der Waals surface area (Å²) in [4.78, 5) is 0. The van der Waals surface area contributed by atoms with Crippen LogP contribution in [0.25, 0.3) is 0 Å². The fraction of sp³-hybridized carbons (Fsp3) is 1.00. The van der Waals surface area contributed by atoms with E-state index in [1.165, 1.54) is 0 Å². The molecule has 4 atom stereocenters. The topological polar surface area (TPSA) is 160 Å². The van der Waals surface area contributed by atoms with E-state index in [0.29, 0.717) is 178 Å². The van der Waals surface area contributed by atoms with E-state index >= 15 is 0 Å². The molecule has 0 aromatic heterocycles. The van der Waals surface area contributed by atoms with Gasteiger partial charge >= 0.3 is 0 Å². The van der Waals surface area contributed by atoms with Gasteiger partial charge in [-0.3, -0.25) is 0 Å². The predicted octanol–water partition coefficient (Wildman–Crippen LogP) is -0.643. The van der Waals surface area contributed by atoms with Crippen molar-refractivity contribution < 1.29 is 75.8 Å². The molecule has 0 saturated carbocycles. The first-order valence-electron chi connectivity index (χ1n) is 18.5. The second-order valence-electron chi connectivity index (χ2n) is 11.6. The monoisotopic (exact) mass is 743 g/mol. The molecule has 0 aromatic carbocycles. The van der Waals surface area contributed by atoms with Crippen molar-refractivity contribution in [3.05, 3.63) is 0 Å². The second kappa shape index (κ2) is 33.9. The molecule has 3 aliphatic rings. The van der Waals surface area contributed by atoms with Gasteiger partial charge in [-0.1, -0.05) is 0 Å². The molecule has 3 heterocycles.